The van der Waals surface area contributed by atoms with E-state index in [9.17, 15) is 8.42 Å². The van der Waals surface area contributed by atoms with Gasteiger partial charge >= 0.3 is 7.12 Å². The third kappa shape index (κ3) is 3.04. The highest BCUT2D eigenvalue weighted by Gasteiger charge is 2.55. The van der Waals surface area contributed by atoms with Crippen LogP contribution in [0.1, 0.15) is 57.7 Å². The van der Waals surface area contributed by atoms with Gasteiger partial charge in [-0.2, -0.15) is 5.10 Å². The average molecular weight is 388 g/mol. The van der Waals surface area contributed by atoms with Gasteiger partial charge in [0.1, 0.15) is 0 Å². The molecule has 4 rings (SSSR count). The number of nitrogens with one attached hydrogen (secondary N) is 1. The van der Waals surface area contributed by atoms with Crippen LogP contribution in [0, 0.1) is 6.92 Å². The molecule has 1 saturated carbocycles. The fourth-order valence-electron chi connectivity index (χ4n) is 3.25. The van der Waals surface area contributed by atoms with E-state index in [4.69, 9.17) is 9.31 Å². The predicted molar refractivity (Wildman–Crippen MR) is 103 cm³/mol. The molecule has 8 heteroatoms. The van der Waals surface area contributed by atoms with E-state index >= 15 is 0 Å². The minimum absolute atomic E-state index is 0.00625. The number of hydrogen-bond acceptors (Lipinski definition) is 5. The van der Waals surface area contributed by atoms with Gasteiger partial charge in [-0.3, -0.25) is 5.10 Å². The first kappa shape index (κ1) is 18.7. The fraction of sp³-hybridized carbons (Fsp3) is 0.526. The van der Waals surface area contributed by atoms with Crippen LogP contribution >= 0.6 is 0 Å². The summed E-state index contributed by atoms with van der Waals surface area (Å²) in [5.41, 5.74) is 1.23. The molecule has 2 fully saturated rings. The van der Waals surface area contributed by atoms with Gasteiger partial charge in [-0.25, -0.2) is 8.42 Å². The van der Waals surface area contributed by atoms with Crippen molar-refractivity contribution in [3.63, 3.8) is 0 Å². The molecule has 2 heterocycles. The molecule has 0 amide bonds. The number of benzene rings is 1. The average Bonchev–Trinajstić information content (AvgIpc) is 3.26. The maximum Gasteiger partial charge on any atom is 0.499 e. The summed E-state index contributed by atoms with van der Waals surface area (Å²) in [5.74, 6) is 0.286. The Kier molecular flexibility index (Phi) is 4.11. The van der Waals surface area contributed by atoms with Crippen molar-refractivity contribution in [3.8, 4) is 0 Å². The summed E-state index contributed by atoms with van der Waals surface area (Å²) in [6.07, 6.45) is 2.03. The second-order valence-corrected chi connectivity index (χ2v) is 10.4. The third-order valence-corrected chi connectivity index (χ3v) is 7.57. The zero-order valence-corrected chi connectivity index (χ0v) is 17.2. The molecule has 144 valence electrons. The first-order chi connectivity index (χ1) is 12.5. The van der Waals surface area contributed by atoms with E-state index in [1.807, 2.05) is 34.6 Å². The van der Waals surface area contributed by atoms with Crippen molar-refractivity contribution in [1.29, 1.82) is 0 Å². The van der Waals surface area contributed by atoms with E-state index in [0.29, 0.717) is 5.46 Å². The van der Waals surface area contributed by atoms with Gasteiger partial charge < -0.3 is 9.31 Å². The molecular weight excluding hydrogens is 363 g/mol. The van der Waals surface area contributed by atoms with E-state index in [1.165, 1.54) is 0 Å². The second-order valence-electron chi connectivity index (χ2n) is 8.54. The van der Waals surface area contributed by atoms with Crippen LogP contribution in [-0.2, 0) is 19.1 Å². The van der Waals surface area contributed by atoms with Gasteiger partial charge in [0.2, 0.25) is 9.84 Å². The van der Waals surface area contributed by atoms with Gasteiger partial charge in [-0.15, -0.1) is 0 Å². The SMILES string of the molecule is Cc1ccc(S(=O)(=O)c2n[nH]c(C3CC3)c2B2OC(C)(C)C(C)(C)O2)cc1. The summed E-state index contributed by atoms with van der Waals surface area (Å²) < 4.78 is 39.0. The first-order valence-electron chi connectivity index (χ1n) is 9.28. The first-order valence-corrected chi connectivity index (χ1v) is 10.8. The van der Waals surface area contributed by atoms with Gasteiger partial charge in [0.15, 0.2) is 5.03 Å². The van der Waals surface area contributed by atoms with Crippen LogP contribution in [0.4, 0.5) is 0 Å². The van der Waals surface area contributed by atoms with E-state index in [2.05, 4.69) is 10.2 Å². The molecule has 0 atom stereocenters. The number of nitrogens with zero attached hydrogens (tertiary/aromatic N) is 1. The maximum atomic E-state index is 13.3. The topological polar surface area (TPSA) is 81.3 Å². The standard InChI is InChI=1S/C19H25BN2O4S/c1-12-6-10-14(11-7-12)27(23,24)17-15(16(21-22-17)13-8-9-13)20-25-18(2,3)19(4,5)26-20/h6-7,10-11,13H,8-9H2,1-5H3,(H,21,22). The lowest BCUT2D eigenvalue weighted by Crippen LogP contribution is -2.41. The van der Waals surface area contributed by atoms with Crippen molar-refractivity contribution >= 4 is 22.4 Å². The number of sulfone groups is 1. The van der Waals surface area contributed by atoms with Crippen molar-refractivity contribution in [1.82, 2.24) is 10.2 Å². The Balaban J connectivity index is 1.83. The van der Waals surface area contributed by atoms with Crippen molar-refractivity contribution in [2.24, 2.45) is 0 Å². The predicted octanol–water partition coefficient (Wildman–Crippen LogP) is 2.73. The third-order valence-electron chi connectivity index (χ3n) is 5.86. The Morgan fingerprint density at radius 1 is 1.07 bits per heavy atom. The van der Waals surface area contributed by atoms with Gasteiger partial charge in [-0.05, 0) is 59.6 Å². The lowest BCUT2D eigenvalue weighted by molar-refractivity contribution is 0.00578. The normalized spacial score (nSPS) is 21.6. The van der Waals surface area contributed by atoms with Crippen molar-refractivity contribution < 1.29 is 17.7 Å². The Hall–Kier alpha value is -1.64. The maximum absolute atomic E-state index is 13.3. The molecule has 1 saturated heterocycles. The summed E-state index contributed by atoms with van der Waals surface area (Å²) in [6, 6.07) is 6.81. The van der Waals surface area contributed by atoms with Gasteiger partial charge in [-0.1, -0.05) is 17.7 Å². The van der Waals surface area contributed by atoms with Gasteiger partial charge in [0.25, 0.3) is 0 Å². The largest absolute Gasteiger partial charge is 0.499 e. The molecule has 1 aliphatic carbocycles. The molecular formula is C19H25BN2O4S. The van der Waals surface area contributed by atoms with Gasteiger partial charge in [0.05, 0.1) is 16.1 Å². The van der Waals surface area contributed by atoms with E-state index in [0.717, 1.165) is 24.1 Å². The number of hydrogen-bond donors (Lipinski definition) is 1. The summed E-state index contributed by atoms with van der Waals surface area (Å²) >= 11 is 0. The number of aromatic nitrogens is 2. The Morgan fingerprint density at radius 2 is 1.63 bits per heavy atom. The molecule has 0 bridgehead atoms. The molecule has 27 heavy (non-hydrogen) atoms. The number of aryl methyl sites for hydroxylation is 1. The minimum atomic E-state index is -3.79. The number of rotatable bonds is 4. The van der Waals surface area contributed by atoms with E-state index in [-0.39, 0.29) is 15.8 Å². The van der Waals surface area contributed by atoms with Crippen molar-refractivity contribution in [3.05, 3.63) is 35.5 Å². The van der Waals surface area contributed by atoms with Crippen LogP contribution < -0.4 is 5.46 Å². The number of aromatic amines is 1. The zero-order valence-electron chi connectivity index (χ0n) is 16.4. The quantitative estimate of drug-likeness (QED) is 0.815. The molecule has 0 radical (unpaired) electrons. The molecule has 1 aliphatic heterocycles. The zero-order chi connectivity index (χ0) is 19.6. The van der Waals surface area contributed by atoms with Crippen LogP contribution in [-0.4, -0.2) is 36.9 Å². The minimum Gasteiger partial charge on any atom is -0.399 e. The highest BCUT2D eigenvalue weighted by molar-refractivity contribution is 7.91. The molecule has 0 spiro atoms. The summed E-state index contributed by atoms with van der Waals surface area (Å²) in [7, 11) is -4.55. The fourth-order valence-corrected chi connectivity index (χ4v) is 4.63. The highest BCUT2D eigenvalue weighted by atomic mass is 32.2. The summed E-state index contributed by atoms with van der Waals surface area (Å²) in [6.45, 7) is 9.75. The Labute approximate surface area is 160 Å². The van der Waals surface area contributed by atoms with Crippen LogP contribution in [0.25, 0.3) is 0 Å². The Morgan fingerprint density at radius 3 is 2.15 bits per heavy atom. The van der Waals surface area contributed by atoms with Crippen molar-refractivity contribution in [2.45, 2.75) is 74.5 Å². The van der Waals surface area contributed by atoms with Crippen molar-refractivity contribution in [2.75, 3.05) is 0 Å². The van der Waals surface area contributed by atoms with E-state index in [1.54, 1.807) is 24.3 Å². The molecule has 1 aromatic carbocycles. The van der Waals surface area contributed by atoms with E-state index < -0.39 is 28.2 Å². The molecule has 2 aliphatic rings. The second kappa shape index (κ2) is 5.93. The smallest absolute Gasteiger partial charge is 0.399 e. The Bertz CT molecular complexity index is 960. The molecule has 2 aromatic rings. The summed E-state index contributed by atoms with van der Waals surface area (Å²) in [4.78, 5) is 0.222. The van der Waals surface area contributed by atoms with Crippen LogP contribution in [0.15, 0.2) is 34.2 Å². The van der Waals surface area contributed by atoms with Gasteiger partial charge in [0, 0.05) is 17.1 Å². The monoisotopic (exact) mass is 388 g/mol. The number of H-pyrrole nitrogens is 1. The lowest BCUT2D eigenvalue weighted by Gasteiger charge is -2.32. The lowest BCUT2D eigenvalue weighted by atomic mass is 9.78. The van der Waals surface area contributed by atoms with Crippen LogP contribution in [0.2, 0.25) is 0 Å². The highest BCUT2D eigenvalue weighted by Crippen LogP contribution is 2.42. The van der Waals surface area contributed by atoms with Crippen LogP contribution in [0.3, 0.4) is 0 Å². The molecule has 1 N–H and O–H groups in total. The van der Waals surface area contributed by atoms with Crippen LogP contribution in [0.5, 0.6) is 0 Å². The molecule has 0 unspecified atom stereocenters. The summed E-state index contributed by atoms with van der Waals surface area (Å²) in [5, 5.41) is 7.19. The molecule has 6 nitrogen and oxygen atoms in total. The molecule has 1 aromatic heterocycles.